The minimum Gasteiger partial charge on any atom is -0.450 e. The zero-order chi connectivity index (χ0) is 15.4. The maximum Gasteiger partial charge on any atom is 0.332 e. The Hall–Kier alpha value is -0.220. The van der Waals surface area contributed by atoms with Crippen LogP contribution < -0.4 is 0 Å². The molecule has 2 unspecified atom stereocenters. The maximum atomic E-state index is 11.3. The third kappa shape index (κ3) is 11.6. The van der Waals surface area contributed by atoms with Crippen LogP contribution in [-0.4, -0.2) is 28.4 Å². The zero-order valence-corrected chi connectivity index (χ0v) is 14.4. The van der Waals surface area contributed by atoms with E-state index in [0.29, 0.717) is 5.25 Å². The van der Waals surface area contributed by atoms with Crippen LogP contribution in [0.5, 0.6) is 0 Å². The summed E-state index contributed by atoms with van der Waals surface area (Å²) in [4.78, 5) is 11.3. The van der Waals surface area contributed by atoms with Gasteiger partial charge in [-0.1, -0.05) is 53.4 Å². The molecule has 0 heterocycles. The number of carbonyl (C=O) groups excluding carboxylic acids is 1. The Morgan fingerprint density at radius 2 is 1.75 bits per heavy atom. The van der Waals surface area contributed by atoms with Gasteiger partial charge in [0.25, 0.3) is 0 Å². The molecule has 0 rings (SSSR count). The molecular weight excluding hydrogens is 272 g/mol. The Morgan fingerprint density at radius 1 is 1.10 bits per heavy atom. The van der Waals surface area contributed by atoms with Gasteiger partial charge >= 0.3 is 5.97 Å². The van der Waals surface area contributed by atoms with Gasteiger partial charge in [0.15, 0.2) is 0 Å². The molecule has 4 heteroatoms. The van der Waals surface area contributed by atoms with Crippen molar-refractivity contribution in [3.8, 4) is 0 Å². The smallest absolute Gasteiger partial charge is 0.332 e. The predicted octanol–water partition coefficient (Wildman–Crippen LogP) is 4.38. The predicted molar refractivity (Wildman–Crippen MR) is 86.8 cm³/mol. The van der Waals surface area contributed by atoms with Crippen molar-refractivity contribution < 1.29 is 14.6 Å². The molecule has 0 fully saturated rings. The SMILES string of the molecule is CCCCC(C)SC(CCCCC(C)C)OC(=O)CO. The molecule has 0 saturated heterocycles. The number of rotatable bonds is 12. The van der Waals surface area contributed by atoms with E-state index in [2.05, 4.69) is 27.7 Å². The maximum absolute atomic E-state index is 11.3. The molecule has 0 aromatic carbocycles. The highest BCUT2D eigenvalue weighted by atomic mass is 32.2. The second-order valence-electron chi connectivity index (χ2n) is 5.84. The van der Waals surface area contributed by atoms with E-state index in [4.69, 9.17) is 9.84 Å². The highest BCUT2D eigenvalue weighted by molar-refractivity contribution is 8.00. The molecule has 3 nitrogen and oxygen atoms in total. The van der Waals surface area contributed by atoms with Crippen LogP contribution in [0.2, 0.25) is 0 Å². The van der Waals surface area contributed by atoms with Crippen LogP contribution in [0, 0.1) is 5.92 Å². The van der Waals surface area contributed by atoms with Gasteiger partial charge in [-0.25, -0.2) is 4.79 Å². The average molecular weight is 304 g/mol. The van der Waals surface area contributed by atoms with Gasteiger partial charge in [-0.15, -0.1) is 11.8 Å². The van der Waals surface area contributed by atoms with E-state index in [1.54, 1.807) is 11.8 Å². The largest absolute Gasteiger partial charge is 0.450 e. The van der Waals surface area contributed by atoms with Gasteiger partial charge in [0.05, 0.1) is 0 Å². The Balaban J connectivity index is 4.09. The number of ether oxygens (including phenoxy) is 1. The third-order valence-corrected chi connectivity index (χ3v) is 4.55. The summed E-state index contributed by atoms with van der Waals surface area (Å²) in [6, 6.07) is 0. The van der Waals surface area contributed by atoms with E-state index in [-0.39, 0.29) is 5.44 Å². The first-order valence-corrected chi connectivity index (χ1v) is 8.89. The van der Waals surface area contributed by atoms with Gasteiger partial charge in [0.1, 0.15) is 12.0 Å². The molecule has 20 heavy (non-hydrogen) atoms. The molecule has 1 N–H and O–H groups in total. The number of hydrogen-bond donors (Lipinski definition) is 1. The van der Waals surface area contributed by atoms with Crippen molar-refractivity contribution in [2.75, 3.05) is 6.61 Å². The van der Waals surface area contributed by atoms with E-state index < -0.39 is 12.6 Å². The monoisotopic (exact) mass is 304 g/mol. The number of aliphatic hydroxyl groups is 1. The van der Waals surface area contributed by atoms with Crippen LogP contribution in [0.15, 0.2) is 0 Å². The van der Waals surface area contributed by atoms with Crippen LogP contribution in [0.4, 0.5) is 0 Å². The van der Waals surface area contributed by atoms with E-state index in [1.165, 1.54) is 25.7 Å². The first-order valence-electron chi connectivity index (χ1n) is 7.95. The van der Waals surface area contributed by atoms with E-state index >= 15 is 0 Å². The highest BCUT2D eigenvalue weighted by Crippen LogP contribution is 2.27. The second-order valence-corrected chi connectivity index (χ2v) is 7.45. The third-order valence-electron chi connectivity index (χ3n) is 3.21. The van der Waals surface area contributed by atoms with E-state index in [9.17, 15) is 4.79 Å². The summed E-state index contributed by atoms with van der Waals surface area (Å²) < 4.78 is 5.33. The normalized spacial score (nSPS) is 14.3. The lowest BCUT2D eigenvalue weighted by Crippen LogP contribution is -2.20. The second kappa shape index (κ2) is 12.5. The fraction of sp³-hybridized carbons (Fsp3) is 0.938. The minimum absolute atomic E-state index is 0.103. The quantitative estimate of drug-likeness (QED) is 0.330. The fourth-order valence-electron chi connectivity index (χ4n) is 2.02. The molecule has 0 bridgehead atoms. The lowest BCUT2D eigenvalue weighted by atomic mass is 10.1. The van der Waals surface area contributed by atoms with E-state index in [0.717, 1.165) is 25.2 Å². The summed E-state index contributed by atoms with van der Waals surface area (Å²) in [7, 11) is 0. The van der Waals surface area contributed by atoms with Crippen LogP contribution in [0.25, 0.3) is 0 Å². The summed E-state index contributed by atoms with van der Waals surface area (Å²) in [6.45, 7) is 8.31. The van der Waals surface area contributed by atoms with Crippen molar-refractivity contribution in [1.29, 1.82) is 0 Å². The molecule has 2 atom stereocenters. The van der Waals surface area contributed by atoms with Crippen molar-refractivity contribution in [3.05, 3.63) is 0 Å². The molecule has 0 aliphatic heterocycles. The molecule has 120 valence electrons. The standard InChI is InChI=1S/C16H32O3S/c1-5-6-10-14(4)20-16(19-15(18)12-17)11-8-7-9-13(2)3/h13-14,16-17H,5-12H2,1-4H3. The van der Waals surface area contributed by atoms with Crippen LogP contribution >= 0.6 is 11.8 Å². The van der Waals surface area contributed by atoms with Gasteiger partial charge < -0.3 is 9.84 Å². The van der Waals surface area contributed by atoms with Crippen molar-refractivity contribution in [1.82, 2.24) is 0 Å². The summed E-state index contributed by atoms with van der Waals surface area (Å²) in [5, 5.41) is 9.32. The number of aliphatic hydroxyl groups excluding tert-OH is 1. The van der Waals surface area contributed by atoms with Crippen molar-refractivity contribution >= 4 is 17.7 Å². The number of unbranched alkanes of at least 4 members (excludes halogenated alkanes) is 2. The van der Waals surface area contributed by atoms with Crippen molar-refractivity contribution in [3.63, 3.8) is 0 Å². The molecule has 0 aliphatic rings. The molecule has 0 amide bonds. The van der Waals surface area contributed by atoms with Crippen molar-refractivity contribution in [2.45, 2.75) is 83.3 Å². The summed E-state index contributed by atoms with van der Waals surface area (Å²) in [5.74, 6) is 0.221. The summed E-state index contributed by atoms with van der Waals surface area (Å²) in [6.07, 6.45) is 7.92. The average Bonchev–Trinajstić information content (AvgIpc) is 2.40. The van der Waals surface area contributed by atoms with Gasteiger partial charge in [-0.3, -0.25) is 0 Å². The van der Waals surface area contributed by atoms with Crippen LogP contribution in [0.3, 0.4) is 0 Å². The molecule has 0 aliphatic carbocycles. The minimum atomic E-state index is -0.521. The number of hydrogen-bond acceptors (Lipinski definition) is 4. The van der Waals surface area contributed by atoms with Gasteiger partial charge in [0, 0.05) is 5.25 Å². The summed E-state index contributed by atoms with van der Waals surface area (Å²) >= 11 is 1.73. The first-order chi connectivity index (χ1) is 9.49. The number of esters is 1. The fourth-order valence-corrected chi connectivity index (χ4v) is 3.31. The van der Waals surface area contributed by atoms with Crippen LogP contribution in [0.1, 0.15) is 72.6 Å². The Kier molecular flexibility index (Phi) is 12.4. The Bertz CT molecular complexity index is 244. The Morgan fingerprint density at radius 3 is 2.30 bits per heavy atom. The number of thioether (sulfide) groups is 1. The molecule has 0 aromatic rings. The lowest BCUT2D eigenvalue weighted by molar-refractivity contribution is -0.148. The summed E-state index contributed by atoms with van der Waals surface area (Å²) in [5.41, 5.74) is -0.103. The molecule has 0 spiro atoms. The molecule has 0 saturated carbocycles. The van der Waals surface area contributed by atoms with Gasteiger partial charge in [-0.05, 0) is 25.2 Å². The topological polar surface area (TPSA) is 46.5 Å². The molecule has 0 radical (unpaired) electrons. The van der Waals surface area contributed by atoms with E-state index in [1.807, 2.05) is 0 Å². The van der Waals surface area contributed by atoms with Crippen LogP contribution in [-0.2, 0) is 9.53 Å². The number of carbonyl (C=O) groups is 1. The van der Waals surface area contributed by atoms with Gasteiger partial charge in [-0.2, -0.15) is 0 Å². The van der Waals surface area contributed by atoms with Gasteiger partial charge in [0.2, 0.25) is 0 Å². The lowest BCUT2D eigenvalue weighted by Gasteiger charge is -2.21. The van der Waals surface area contributed by atoms with Crippen molar-refractivity contribution in [2.24, 2.45) is 5.92 Å². The molecular formula is C16H32O3S. The highest BCUT2D eigenvalue weighted by Gasteiger charge is 2.17. The zero-order valence-electron chi connectivity index (χ0n) is 13.6. The Labute approximate surface area is 128 Å². The first kappa shape index (κ1) is 19.8. The molecule has 0 aromatic heterocycles.